The van der Waals surface area contributed by atoms with Crippen LogP contribution < -0.4 is 14.8 Å². The number of methoxy groups -OCH3 is 2. The minimum atomic E-state index is -3.53. The van der Waals surface area contributed by atoms with Crippen LogP contribution in [0.3, 0.4) is 0 Å². The number of carbonyl (C=O) groups excluding carboxylic acids is 1. The number of Topliss-reactive ketones (excluding diaryl/α,β-unsaturated/α-hetero) is 1. The van der Waals surface area contributed by atoms with Gasteiger partial charge in [-0.2, -0.15) is 0 Å². The lowest BCUT2D eigenvalue weighted by molar-refractivity contribution is 0.0970. The predicted molar refractivity (Wildman–Crippen MR) is 143 cm³/mol. The number of H-pyrrole nitrogens is 1. The van der Waals surface area contributed by atoms with Gasteiger partial charge in [0.15, 0.2) is 15.6 Å². The topological polar surface area (TPSA) is 97.5 Å². The van der Waals surface area contributed by atoms with E-state index in [1.807, 2.05) is 26.0 Å². The minimum Gasteiger partial charge on any atom is -0.497 e. The Morgan fingerprint density at radius 1 is 1.00 bits per heavy atom. The number of ketones is 1. The molecular formula is C27H27ClN2O5S. The molecule has 0 fully saturated rings. The zero-order chi connectivity index (χ0) is 26.2. The van der Waals surface area contributed by atoms with Crippen LogP contribution in [0.1, 0.15) is 33.1 Å². The lowest BCUT2D eigenvalue weighted by Gasteiger charge is -2.22. The average Bonchev–Trinajstić information content (AvgIpc) is 3.24. The lowest BCUT2D eigenvalue weighted by Crippen LogP contribution is -2.22. The summed E-state index contributed by atoms with van der Waals surface area (Å²) >= 11 is 6.19. The first-order chi connectivity index (χ1) is 17.0. The predicted octanol–water partition coefficient (Wildman–Crippen LogP) is 5.89. The van der Waals surface area contributed by atoms with E-state index in [4.69, 9.17) is 21.1 Å². The highest BCUT2D eigenvalue weighted by molar-refractivity contribution is 7.90. The van der Waals surface area contributed by atoms with E-state index in [0.29, 0.717) is 33.3 Å². The van der Waals surface area contributed by atoms with Crippen molar-refractivity contribution in [1.29, 1.82) is 0 Å². The molecule has 2 N–H and O–H groups in total. The molecule has 7 nitrogen and oxygen atoms in total. The van der Waals surface area contributed by atoms with Crippen molar-refractivity contribution in [3.63, 3.8) is 0 Å². The first-order valence-electron chi connectivity index (χ1n) is 11.1. The summed E-state index contributed by atoms with van der Waals surface area (Å²) in [6.45, 7) is 4.01. The van der Waals surface area contributed by atoms with Gasteiger partial charge < -0.3 is 19.8 Å². The van der Waals surface area contributed by atoms with Gasteiger partial charge in [-0.1, -0.05) is 17.7 Å². The number of aryl methyl sites for hydroxylation is 2. The second kappa shape index (κ2) is 9.87. The number of aromatic amines is 1. The number of fused-ring (bicyclic) bond motifs is 1. The monoisotopic (exact) mass is 526 g/mol. The SMILES string of the molecule is COc1cc(NC(C(=O)c2c[nH]c3cc(C)c(C)cc23)c2ccc(Cl)cc2OC)cc(S(C)(=O)=O)c1. The van der Waals surface area contributed by atoms with Gasteiger partial charge in [-0.3, -0.25) is 4.79 Å². The molecule has 0 bridgehead atoms. The van der Waals surface area contributed by atoms with Crippen LogP contribution in [0, 0.1) is 13.8 Å². The van der Waals surface area contributed by atoms with Gasteiger partial charge in [0.2, 0.25) is 0 Å². The number of ether oxygens (including phenoxy) is 2. The molecule has 0 aliphatic rings. The first-order valence-corrected chi connectivity index (χ1v) is 13.4. The Balaban J connectivity index is 1.88. The molecule has 0 spiro atoms. The smallest absolute Gasteiger partial charge is 0.191 e. The Hall–Kier alpha value is -3.49. The van der Waals surface area contributed by atoms with Crippen molar-refractivity contribution in [3.05, 3.63) is 82.0 Å². The third kappa shape index (κ3) is 5.05. The fourth-order valence-corrected chi connectivity index (χ4v) is 4.94. The van der Waals surface area contributed by atoms with Crippen LogP contribution in [0.25, 0.3) is 10.9 Å². The standard InChI is InChI=1S/C27H27ClN2O5S/c1-15-8-22-23(14-29-24(22)9-16(15)2)27(31)26(21-7-6-17(28)10-25(21)35-4)30-18-11-19(34-3)13-20(12-18)36(5,32)33/h6-14,26,29-30H,1-5H3. The van der Waals surface area contributed by atoms with E-state index < -0.39 is 15.9 Å². The van der Waals surface area contributed by atoms with E-state index in [1.54, 1.807) is 30.5 Å². The van der Waals surface area contributed by atoms with Crippen molar-refractivity contribution >= 4 is 43.8 Å². The lowest BCUT2D eigenvalue weighted by atomic mass is 9.95. The molecule has 36 heavy (non-hydrogen) atoms. The zero-order valence-electron chi connectivity index (χ0n) is 20.6. The van der Waals surface area contributed by atoms with Crippen molar-refractivity contribution in [1.82, 2.24) is 4.98 Å². The third-order valence-corrected chi connectivity index (χ3v) is 7.51. The first kappa shape index (κ1) is 25.6. The maximum absolute atomic E-state index is 14.1. The van der Waals surface area contributed by atoms with E-state index in [-0.39, 0.29) is 10.7 Å². The number of benzene rings is 3. The quantitative estimate of drug-likeness (QED) is 0.278. The highest BCUT2D eigenvalue weighted by atomic mass is 35.5. The van der Waals surface area contributed by atoms with Gasteiger partial charge in [0.1, 0.15) is 17.5 Å². The van der Waals surface area contributed by atoms with E-state index in [2.05, 4.69) is 10.3 Å². The van der Waals surface area contributed by atoms with Crippen molar-refractivity contribution in [2.24, 2.45) is 0 Å². The van der Waals surface area contributed by atoms with Crippen molar-refractivity contribution in [2.75, 3.05) is 25.8 Å². The molecule has 4 rings (SSSR count). The van der Waals surface area contributed by atoms with Gasteiger partial charge in [-0.25, -0.2) is 8.42 Å². The van der Waals surface area contributed by atoms with Gasteiger partial charge in [0.05, 0.1) is 19.1 Å². The molecule has 0 saturated heterocycles. The van der Waals surface area contributed by atoms with Crippen LogP contribution in [-0.2, 0) is 9.84 Å². The second-order valence-electron chi connectivity index (χ2n) is 8.68. The van der Waals surface area contributed by atoms with E-state index >= 15 is 0 Å². The Morgan fingerprint density at radius 2 is 1.72 bits per heavy atom. The molecule has 0 aliphatic heterocycles. The van der Waals surface area contributed by atoms with Gasteiger partial charge in [-0.15, -0.1) is 0 Å². The maximum atomic E-state index is 14.1. The highest BCUT2D eigenvalue weighted by Gasteiger charge is 2.28. The van der Waals surface area contributed by atoms with E-state index in [1.165, 1.54) is 26.4 Å². The summed E-state index contributed by atoms with van der Waals surface area (Å²) in [5.41, 5.74) is 4.47. The molecule has 1 heterocycles. The van der Waals surface area contributed by atoms with Crippen molar-refractivity contribution in [2.45, 2.75) is 24.8 Å². The summed E-state index contributed by atoms with van der Waals surface area (Å²) in [6, 6.07) is 12.7. The molecule has 0 aliphatic carbocycles. The summed E-state index contributed by atoms with van der Waals surface area (Å²) in [7, 11) is -0.577. The highest BCUT2D eigenvalue weighted by Crippen LogP contribution is 2.36. The molecule has 4 aromatic rings. The van der Waals surface area contributed by atoms with Crippen LogP contribution in [-0.4, -0.2) is 39.7 Å². The number of hydrogen-bond acceptors (Lipinski definition) is 6. The maximum Gasteiger partial charge on any atom is 0.191 e. The molecule has 1 atom stereocenters. The van der Waals surface area contributed by atoms with Crippen LogP contribution in [0.15, 0.2) is 59.6 Å². The molecule has 188 valence electrons. The Labute approximate surface area is 215 Å². The molecular weight excluding hydrogens is 500 g/mol. The fourth-order valence-electron chi connectivity index (χ4n) is 4.11. The Kier molecular flexibility index (Phi) is 7.02. The van der Waals surface area contributed by atoms with Gasteiger partial charge >= 0.3 is 0 Å². The molecule has 0 saturated carbocycles. The number of anilines is 1. The van der Waals surface area contributed by atoms with E-state index in [9.17, 15) is 13.2 Å². The van der Waals surface area contributed by atoms with Crippen LogP contribution in [0.5, 0.6) is 11.5 Å². The largest absolute Gasteiger partial charge is 0.497 e. The van der Waals surface area contributed by atoms with Crippen LogP contribution in [0.2, 0.25) is 5.02 Å². The summed E-state index contributed by atoms with van der Waals surface area (Å²) < 4.78 is 35.4. The molecule has 0 radical (unpaired) electrons. The van der Waals surface area contributed by atoms with Crippen molar-refractivity contribution in [3.8, 4) is 11.5 Å². The number of rotatable bonds is 8. The number of aromatic nitrogens is 1. The number of carbonyl (C=O) groups is 1. The number of nitrogens with one attached hydrogen (secondary N) is 2. The normalized spacial score (nSPS) is 12.4. The van der Waals surface area contributed by atoms with Gasteiger partial charge in [-0.05, 0) is 61.4 Å². The summed E-state index contributed by atoms with van der Waals surface area (Å²) in [5.74, 6) is 0.535. The summed E-state index contributed by atoms with van der Waals surface area (Å²) in [4.78, 5) is 17.3. The zero-order valence-corrected chi connectivity index (χ0v) is 22.2. The Morgan fingerprint density at radius 3 is 2.39 bits per heavy atom. The average molecular weight is 527 g/mol. The summed E-state index contributed by atoms with van der Waals surface area (Å²) in [5, 5.41) is 4.48. The molecule has 9 heteroatoms. The number of sulfone groups is 1. The second-order valence-corrected chi connectivity index (χ2v) is 11.1. The van der Waals surface area contributed by atoms with Gasteiger partial charge in [0, 0.05) is 51.3 Å². The molecule has 3 aromatic carbocycles. The Bertz CT molecular complexity index is 1580. The van der Waals surface area contributed by atoms with Gasteiger partial charge in [0.25, 0.3) is 0 Å². The number of hydrogen-bond donors (Lipinski definition) is 2. The number of halogens is 1. The van der Waals surface area contributed by atoms with Crippen molar-refractivity contribution < 1.29 is 22.7 Å². The van der Waals surface area contributed by atoms with Crippen LogP contribution >= 0.6 is 11.6 Å². The van der Waals surface area contributed by atoms with E-state index in [0.717, 1.165) is 28.3 Å². The molecule has 1 aromatic heterocycles. The van der Waals surface area contributed by atoms with Crippen LogP contribution in [0.4, 0.5) is 5.69 Å². The molecule has 0 amide bonds. The fraction of sp³-hybridized carbons (Fsp3) is 0.222. The third-order valence-electron chi connectivity index (χ3n) is 6.19. The summed E-state index contributed by atoms with van der Waals surface area (Å²) in [6.07, 6.45) is 2.81. The molecule has 1 unspecified atom stereocenters. The minimum absolute atomic E-state index is 0.0665.